The van der Waals surface area contributed by atoms with E-state index in [-0.39, 0.29) is 5.97 Å². The number of hydrogen-bond donors (Lipinski definition) is 0. The van der Waals surface area contributed by atoms with Gasteiger partial charge < -0.3 is 4.74 Å². The average molecular weight is 184 g/mol. The van der Waals surface area contributed by atoms with Gasteiger partial charge in [0.25, 0.3) is 0 Å². The lowest BCUT2D eigenvalue weighted by Crippen LogP contribution is -2.07. The molecular weight excluding hydrogens is 164 g/mol. The van der Waals surface area contributed by atoms with Crippen molar-refractivity contribution in [1.82, 2.24) is 0 Å². The van der Waals surface area contributed by atoms with Crippen LogP contribution in [0, 0.1) is 5.92 Å². The normalized spacial score (nSPS) is 11.9. The first kappa shape index (κ1) is 12.2. The van der Waals surface area contributed by atoms with Crippen molar-refractivity contribution in [2.45, 2.75) is 40.5 Å². The van der Waals surface area contributed by atoms with Crippen LogP contribution in [-0.2, 0) is 9.53 Å². The Bertz CT molecular complexity index is 181. The van der Waals surface area contributed by atoms with Crippen LogP contribution in [0.15, 0.2) is 11.6 Å². The largest absolute Gasteiger partial charge is 0.463 e. The fraction of sp³-hybridized carbons (Fsp3) is 0.727. The van der Waals surface area contributed by atoms with E-state index in [9.17, 15) is 4.79 Å². The predicted molar refractivity (Wildman–Crippen MR) is 54.5 cm³/mol. The molecule has 13 heavy (non-hydrogen) atoms. The topological polar surface area (TPSA) is 26.3 Å². The molecule has 0 radical (unpaired) electrons. The molecule has 0 unspecified atom stereocenters. The lowest BCUT2D eigenvalue weighted by atomic mass is 10.1. The van der Waals surface area contributed by atoms with Gasteiger partial charge in [-0.3, -0.25) is 0 Å². The number of carbonyl (C=O) groups excluding carboxylic acids is 1. The van der Waals surface area contributed by atoms with Gasteiger partial charge in [-0.15, -0.1) is 0 Å². The maximum absolute atomic E-state index is 11.3. The molecule has 0 N–H and O–H groups in total. The first-order valence-corrected chi connectivity index (χ1v) is 4.97. The summed E-state index contributed by atoms with van der Waals surface area (Å²) < 4.78 is 4.92. The predicted octanol–water partition coefficient (Wildman–Crippen LogP) is 2.93. The number of carbonyl (C=O) groups is 1. The molecule has 0 aliphatic rings. The molecule has 0 aliphatic carbocycles. The van der Waals surface area contributed by atoms with Gasteiger partial charge in [0, 0.05) is 5.57 Å². The summed E-state index contributed by atoms with van der Waals surface area (Å²) in [6, 6.07) is 0. The van der Waals surface area contributed by atoms with Crippen molar-refractivity contribution < 1.29 is 9.53 Å². The van der Waals surface area contributed by atoms with Crippen LogP contribution in [0.25, 0.3) is 0 Å². The highest BCUT2D eigenvalue weighted by Crippen LogP contribution is 2.09. The summed E-state index contributed by atoms with van der Waals surface area (Å²) in [6.45, 7) is 8.53. The van der Waals surface area contributed by atoms with Crippen molar-refractivity contribution in [2.75, 3.05) is 6.61 Å². The molecule has 0 aromatic heterocycles. The molecule has 0 saturated heterocycles. The third kappa shape index (κ3) is 5.45. The van der Waals surface area contributed by atoms with Gasteiger partial charge in [0.2, 0.25) is 0 Å². The number of rotatable bonds is 5. The van der Waals surface area contributed by atoms with E-state index in [1.807, 2.05) is 19.9 Å². The number of hydrogen-bond acceptors (Lipinski definition) is 2. The highest BCUT2D eigenvalue weighted by atomic mass is 16.5. The van der Waals surface area contributed by atoms with Gasteiger partial charge in [-0.25, -0.2) is 4.79 Å². The van der Waals surface area contributed by atoms with E-state index in [2.05, 4.69) is 13.8 Å². The molecule has 0 bridgehead atoms. The second-order valence-electron chi connectivity index (χ2n) is 3.43. The van der Waals surface area contributed by atoms with Crippen molar-refractivity contribution in [3.05, 3.63) is 11.6 Å². The van der Waals surface area contributed by atoms with E-state index < -0.39 is 0 Å². The third-order valence-corrected chi connectivity index (χ3v) is 1.75. The Balaban J connectivity index is 4.14. The number of esters is 1. The van der Waals surface area contributed by atoms with Crippen LogP contribution in [0.4, 0.5) is 0 Å². The average Bonchev–Trinajstić information content (AvgIpc) is 2.05. The van der Waals surface area contributed by atoms with Crippen LogP contribution in [0.2, 0.25) is 0 Å². The van der Waals surface area contributed by atoms with Gasteiger partial charge in [0.15, 0.2) is 0 Å². The third-order valence-electron chi connectivity index (χ3n) is 1.75. The Labute approximate surface area is 81.0 Å². The Morgan fingerprint density at radius 2 is 2.00 bits per heavy atom. The van der Waals surface area contributed by atoms with E-state index in [0.29, 0.717) is 12.5 Å². The van der Waals surface area contributed by atoms with Gasteiger partial charge in [-0.2, -0.15) is 0 Å². The molecule has 0 heterocycles. The Morgan fingerprint density at radius 3 is 2.38 bits per heavy atom. The Morgan fingerprint density at radius 1 is 1.38 bits per heavy atom. The second-order valence-corrected chi connectivity index (χ2v) is 3.43. The van der Waals surface area contributed by atoms with E-state index in [1.54, 1.807) is 0 Å². The van der Waals surface area contributed by atoms with E-state index >= 15 is 0 Å². The molecule has 0 aromatic rings. The van der Waals surface area contributed by atoms with Crippen LogP contribution in [0.1, 0.15) is 40.5 Å². The maximum atomic E-state index is 11.3. The summed E-state index contributed by atoms with van der Waals surface area (Å²) in [5.74, 6) is 0.432. The highest BCUT2D eigenvalue weighted by molar-refractivity contribution is 5.88. The molecule has 0 aromatic carbocycles. The zero-order valence-electron chi connectivity index (χ0n) is 9.09. The summed E-state index contributed by atoms with van der Waals surface area (Å²) in [6.07, 6.45) is 3.69. The molecule has 0 atom stereocenters. The number of allylic oxidation sites excluding steroid dienone is 1. The standard InChI is InChI=1S/C11H20O2/c1-5-10(8-7-9(3)4)11(12)13-6-2/h8-9H,5-7H2,1-4H3. The van der Waals surface area contributed by atoms with Gasteiger partial charge in [-0.1, -0.05) is 26.8 Å². The monoisotopic (exact) mass is 184 g/mol. The lowest BCUT2D eigenvalue weighted by molar-refractivity contribution is -0.138. The Kier molecular flexibility index (Phi) is 6.29. The molecule has 0 fully saturated rings. The molecule has 2 heteroatoms. The van der Waals surface area contributed by atoms with Crippen LogP contribution in [0.3, 0.4) is 0 Å². The van der Waals surface area contributed by atoms with E-state index in [1.165, 1.54) is 0 Å². The lowest BCUT2D eigenvalue weighted by Gasteiger charge is -2.05. The summed E-state index contributed by atoms with van der Waals surface area (Å²) >= 11 is 0. The minimum Gasteiger partial charge on any atom is -0.463 e. The number of ether oxygens (including phenoxy) is 1. The van der Waals surface area contributed by atoms with Crippen LogP contribution >= 0.6 is 0 Å². The molecule has 0 spiro atoms. The van der Waals surface area contributed by atoms with Gasteiger partial charge >= 0.3 is 5.97 Å². The minimum atomic E-state index is -0.161. The van der Waals surface area contributed by atoms with Crippen molar-refractivity contribution >= 4 is 5.97 Å². The Hall–Kier alpha value is -0.790. The van der Waals surface area contributed by atoms with Crippen LogP contribution < -0.4 is 0 Å². The van der Waals surface area contributed by atoms with Crippen molar-refractivity contribution in [2.24, 2.45) is 5.92 Å². The molecule has 0 amide bonds. The zero-order chi connectivity index (χ0) is 10.3. The molecule has 0 rings (SSSR count). The minimum absolute atomic E-state index is 0.161. The maximum Gasteiger partial charge on any atom is 0.333 e. The molecule has 0 aliphatic heterocycles. The van der Waals surface area contributed by atoms with Crippen LogP contribution in [-0.4, -0.2) is 12.6 Å². The van der Waals surface area contributed by atoms with Crippen molar-refractivity contribution in [3.8, 4) is 0 Å². The summed E-state index contributed by atoms with van der Waals surface area (Å²) in [4.78, 5) is 11.3. The highest BCUT2D eigenvalue weighted by Gasteiger charge is 2.07. The molecule has 76 valence electrons. The zero-order valence-corrected chi connectivity index (χ0v) is 9.09. The SMILES string of the molecule is CCOC(=O)C(=CCC(C)C)CC. The molecule has 0 saturated carbocycles. The van der Waals surface area contributed by atoms with Crippen molar-refractivity contribution in [3.63, 3.8) is 0 Å². The smallest absolute Gasteiger partial charge is 0.333 e. The van der Waals surface area contributed by atoms with Crippen LogP contribution in [0.5, 0.6) is 0 Å². The summed E-state index contributed by atoms with van der Waals surface area (Å²) in [5.41, 5.74) is 0.801. The summed E-state index contributed by atoms with van der Waals surface area (Å²) in [7, 11) is 0. The van der Waals surface area contributed by atoms with Crippen molar-refractivity contribution in [1.29, 1.82) is 0 Å². The molecular formula is C11H20O2. The first-order valence-electron chi connectivity index (χ1n) is 4.97. The second kappa shape index (κ2) is 6.70. The first-order chi connectivity index (χ1) is 6.11. The molecule has 2 nitrogen and oxygen atoms in total. The van der Waals surface area contributed by atoms with E-state index in [0.717, 1.165) is 18.4 Å². The van der Waals surface area contributed by atoms with Gasteiger partial charge in [-0.05, 0) is 25.7 Å². The quantitative estimate of drug-likeness (QED) is 0.485. The van der Waals surface area contributed by atoms with Gasteiger partial charge in [0.05, 0.1) is 6.61 Å². The fourth-order valence-corrected chi connectivity index (χ4v) is 0.974. The summed E-state index contributed by atoms with van der Waals surface area (Å²) in [5, 5.41) is 0. The fourth-order valence-electron chi connectivity index (χ4n) is 0.974. The van der Waals surface area contributed by atoms with Gasteiger partial charge in [0.1, 0.15) is 0 Å². The van der Waals surface area contributed by atoms with E-state index in [4.69, 9.17) is 4.74 Å².